The zero-order valence-electron chi connectivity index (χ0n) is 24.6. The third kappa shape index (κ3) is 5.60. The number of piperidine rings is 1. The molecule has 11 nitrogen and oxygen atoms in total. The Kier molecular flexibility index (Phi) is 8.28. The number of hydrogen-bond acceptors (Lipinski definition) is 9. The maximum atomic E-state index is 15.9. The van der Waals surface area contributed by atoms with Crippen molar-refractivity contribution in [1.29, 1.82) is 10.5 Å². The van der Waals surface area contributed by atoms with Crippen molar-refractivity contribution in [3.63, 3.8) is 0 Å². The number of benzene rings is 1. The summed E-state index contributed by atoms with van der Waals surface area (Å²) < 4.78 is 23.7. The topological polar surface area (TPSA) is 127 Å². The van der Waals surface area contributed by atoms with E-state index in [0.29, 0.717) is 64.1 Å². The Morgan fingerprint density at radius 2 is 1.98 bits per heavy atom. The molecule has 2 aliphatic rings. The number of likely N-dealkylation sites (N-methyl/N-ethyl adjacent to an activating group) is 1. The number of amides is 1. The van der Waals surface area contributed by atoms with E-state index in [4.69, 9.17) is 9.72 Å². The maximum absolute atomic E-state index is 15.9. The van der Waals surface area contributed by atoms with Crippen LogP contribution in [0.3, 0.4) is 0 Å². The molecule has 0 saturated carbocycles. The molecular formula is C29H35BrFN9O2. The third-order valence-electron chi connectivity index (χ3n) is 8.02. The molecule has 5 rings (SSSR count). The third-order valence-corrected chi connectivity index (χ3v) is 8.88. The molecule has 1 amide bonds. The van der Waals surface area contributed by atoms with Crippen LogP contribution in [-0.4, -0.2) is 87.3 Å². The zero-order valence-corrected chi connectivity index (χ0v) is 26.1. The molecule has 13 heteroatoms. The quantitative estimate of drug-likeness (QED) is 0.368. The van der Waals surface area contributed by atoms with Gasteiger partial charge in [0.15, 0.2) is 17.2 Å². The molecule has 0 aliphatic carbocycles. The maximum Gasteiger partial charge on any atom is 0.410 e. The van der Waals surface area contributed by atoms with Crippen molar-refractivity contribution >= 4 is 49.8 Å². The number of carbonyl (C=O) groups excluding carboxylic acids is 1. The van der Waals surface area contributed by atoms with Crippen LogP contribution < -0.4 is 4.90 Å². The number of hydrogen-bond donors (Lipinski definition) is 0. The average Bonchev–Trinajstić information content (AvgIpc) is 3.34. The van der Waals surface area contributed by atoms with Crippen LogP contribution in [-0.2, 0) is 11.2 Å². The largest absolute Gasteiger partial charge is 0.444 e. The number of carbonyl (C=O) groups is 1. The van der Waals surface area contributed by atoms with Crippen molar-refractivity contribution in [3.05, 3.63) is 21.9 Å². The van der Waals surface area contributed by atoms with Gasteiger partial charge < -0.3 is 19.4 Å². The van der Waals surface area contributed by atoms with Gasteiger partial charge in [-0.15, -0.1) is 5.10 Å². The molecule has 2 atom stereocenters. The highest BCUT2D eigenvalue weighted by Crippen LogP contribution is 2.40. The highest BCUT2D eigenvalue weighted by molar-refractivity contribution is 9.10. The number of ether oxygens (including phenoxy) is 1. The van der Waals surface area contributed by atoms with E-state index in [1.807, 2.05) is 45.6 Å². The predicted octanol–water partition coefficient (Wildman–Crippen LogP) is 4.94. The van der Waals surface area contributed by atoms with Gasteiger partial charge in [-0.3, -0.25) is 0 Å². The molecular weight excluding hydrogens is 605 g/mol. The van der Waals surface area contributed by atoms with E-state index >= 15 is 4.39 Å². The highest BCUT2D eigenvalue weighted by atomic mass is 79.9. The number of aromatic nitrogens is 4. The van der Waals surface area contributed by atoms with Crippen molar-refractivity contribution in [3.8, 4) is 12.1 Å². The Balaban J connectivity index is 1.61. The summed E-state index contributed by atoms with van der Waals surface area (Å²) in [5, 5.41) is 28.5. The Morgan fingerprint density at radius 1 is 1.24 bits per heavy atom. The second-order valence-corrected chi connectivity index (χ2v) is 13.1. The molecule has 2 fully saturated rings. The summed E-state index contributed by atoms with van der Waals surface area (Å²) in [4.78, 5) is 23.6. The molecule has 4 heterocycles. The molecule has 0 N–H and O–H groups in total. The summed E-state index contributed by atoms with van der Waals surface area (Å²) in [6.07, 6.45) is 1.36. The first-order valence-electron chi connectivity index (χ1n) is 14.1. The number of rotatable bonds is 6. The van der Waals surface area contributed by atoms with Crippen molar-refractivity contribution in [2.45, 2.75) is 76.6 Å². The first-order chi connectivity index (χ1) is 19.9. The van der Waals surface area contributed by atoms with Crippen LogP contribution in [0.15, 0.2) is 10.5 Å². The van der Waals surface area contributed by atoms with Gasteiger partial charge in [0.05, 0.1) is 35.1 Å². The monoisotopic (exact) mass is 639 g/mol. The van der Waals surface area contributed by atoms with E-state index in [0.717, 1.165) is 13.1 Å². The Bertz CT molecular complexity index is 1600. The van der Waals surface area contributed by atoms with Gasteiger partial charge in [-0.1, -0.05) is 5.21 Å². The lowest BCUT2D eigenvalue weighted by atomic mass is 9.95. The van der Waals surface area contributed by atoms with Crippen molar-refractivity contribution in [1.82, 2.24) is 29.8 Å². The normalized spacial score (nSPS) is 19.7. The van der Waals surface area contributed by atoms with E-state index in [1.165, 1.54) is 0 Å². The lowest BCUT2D eigenvalue weighted by Crippen LogP contribution is -2.57. The molecule has 0 spiro atoms. The van der Waals surface area contributed by atoms with Crippen molar-refractivity contribution in [2.75, 3.05) is 38.6 Å². The number of halogens is 2. The lowest BCUT2D eigenvalue weighted by Gasteiger charge is -2.43. The smallest absolute Gasteiger partial charge is 0.410 e. The Hall–Kier alpha value is -3.55. The number of aryl methyl sites for hydroxylation is 1. The summed E-state index contributed by atoms with van der Waals surface area (Å²) in [5.74, 6) is 0.0975. The standard InChI is InChI=1S/C29H35BrFN9O2/c1-29(2,3)42-28(41)39-12-9-19(14-18(39)8-11-33)40-26-21-13-17(7-6-10-32)22(30)23(31)24(21)34-27(25(26)35-36-40)38-15-20(16-38)37(4)5/h13,18-20H,6-9,12,14-16H2,1-5H3/t18-,19+/m1/s1. The second-order valence-electron chi connectivity index (χ2n) is 12.3. The van der Waals surface area contributed by atoms with Crippen LogP contribution in [0.5, 0.6) is 0 Å². The van der Waals surface area contributed by atoms with E-state index in [1.54, 1.807) is 4.90 Å². The highest BCUT2D eigenvalue weighted by Gasteiger charge is 2.37. The fraction of sp³-hybridized carbons (Fsp3) is 0.586. The van der Waals surface area contributed by atoms with Crippen LogP contribution >= 0.6 is 15.9 Å². The molecule has 0 bridgehead atoms. The number of nitrogens with zero attached hydrogens (tertiary/aromatic N) is 9. The molecule has 2 saturated heterocycles. The first-order valence-corrected chi connectivity index (χ1v) is 14.9. The summed E-state index contributed by atoms with van der Waals surface area (Å²) in [6, 6.07) is 6.01. The Morgan fingerprint density at radius 3 is 2.62 bits per heavy atom. The molecule has 222 valence electrons. The zero-order chi connectivity index (χ0) is 30.3. The number of likely N-dealkylation sites (tertiary alicyclic amines) is 1. The van der Waals surface area contributed by atoms with Gasteiger partial charge in [0, 0.05) is 37.5 Å². The van der Waals surface area contributed by atoms with Crippen molar-refractivity contribution in [2.24, 2.45) is 0 Å². The summed E-state index contributed by atoms with van der Waals surface area (Å²) in [7, 11) is 4.06. The molecule has 42 heavy (non-hydrogen) atoms. The second kappa shape index (κ2) is 11.6. The molecule has 2 aliphatic heterocycles. The first kappa shape index (κ1) is 29.9. The van der Waals surface area contributed by atoms with Crippen LogP contribution in [0.2, 0.25) is 0 Å². The Labute approximate surface area is 252 Å². The van der Waals surface area contributed by atoms with Gasteiger partial charge in [-0.05, 0) is 81.7 Å². The number of pyridine rings is 1. The molecule has 1 aromatic carbocycles. The van der Waals surface area contributed by atoms with Gasteiger partial charge in [-0.25, -0.2) is 18.9 Å². The minimum absolute atomic E-state index is 0.148. The summed E-state index contributed by atoms with van der Waals surface area (Å²) >= 11 is 3.41. The molecule has 0 radical (unpaired) electrons. The SMILES string of the molecule is CN(C)C1CN(c2nc3c(F)c(Br)c(CCC#N)cc3c3c2nnn3[C@H]2CCN(C(=O)OC(C)(C)C)[C@H](CC#N)C2)C1. The predicted molar refractivity (Wildman–Crippen MR) is 159 cm³/mol. The van der Waals surface area contributed by atoms with Gasteiger partial charge in [-0.2, -0.15) is 10.5 Å². The van der Waals surface area contributed by atoms with Gasteiger partial charge in [0.2, 0.25) is 0 Å². The average molecular weight is 641 g/mol. The van der Waals surface area contributed by atoms with Crippen LogP contribution in [0.4, 0.5) is 15.0 Å². The minimum Gasteiger partial charge on any atom is -0.444 e. The molecule has 3 aromatic rings. The van der Waals surface area contributed by atoms with Crippen LogP contribution in [0, 0.1) is 28.5 Å². The van der Waals surface area contributed by atoms with E-state index < -0.39 is 17.5 Å². The van der Waals surface area contributed by atoms with Gasteiger partial charge in [0.1, 0.15) is 16.6 Å². The van der Waals surface area contributed by atoms with Crippen LogP contribution in [0.1, 0.15) is 58.1 Å². The number of fused-ring (bicyclic) bond motifs is 3. The van der Waals surface area contributed by atoms with Crippen LogP contribution in [0.25, 0.3) is 21.9 Å². The molecule has 0 unspecified atom stereocenters. The number of nitriles is 2. The van der Waals surface area contributed by atoms with E-state index in [2.05, 4.69) is 48.2 Å². The fourth-order valence-electron chi connectivity index (χ4n) is 5.73. The lowest BCUT2D eigenvalue weighted by molar-refractivity contribution is 0.00557. The van der Waals surface area contributed by atoms with Gasteiger partial charge >= 0.3 is 6.09 Å². The molecule has 2 aromatic heterocycles. The van der Waals surface area contributed by atoms with E-state index in [9.17, 15) is 15.3 Å². The summed E-state index contributed by atoms with van der Waals surface area (Å²) in [6.45, 7) is 7.29. The minimum atomic E-state index is -0.653. The van der Waals surface area contributed by atoms with Crippen molar-refractivity contribution < 1.29 is 13.9 Å². The fourth-order valence-corrected chi connectivity index (χ4v) is 6.23. The number of anilines is 1. The van der Waals surface area contributed by atoms with Gasteiger partial charge in [0.25, 0.3) is 0 Å². The van der Waals surface area contributed by atoms with E-state index in [-0.39, 0.29) is 30.4 Å². The summed E-state index contributed by atoms with van der Waals surface area (Å²) in [5.41, 5.74) is 1.48.